The van der Waals surface area contributed by atoms with Gasteiger partial charge in [-0.05, 0) is 35.7 Å². The quantitative estimate of drug-likeness (QED) is 0.932. The van der Waals surface area contributed by atoms with Crippen molar-refractivity contribution in [2.75, 3.05) is 11.9 Å². The van der Waals surface area contributed by atoms with Crippen LogP contribution in [0.4, 0.5) is 5.82 Å². The largest absolute Gasteiger partial charge is 0.369 e. The van der Waals surface area contributed by atoms with Crippen LogP contribution in [0.25, 0.3) is 10.7 Å². The topological polar surface area (TPSA) is 50.7 Å². The van der Waals surface area contributed by atoms with Crippen molar-refractivity contribution >= 4 is 33.1 Å². The van der Waals surface area contributed by atoms with E-state index in [9.17, 15) is 0 Å². The lowest BCUT2D eigenvalue weighted by atomic mass is 10.2. The fourth-order valence-electron chi connectivity index (χ4n) is 1.81. The molecule has 1 N–H and O–H groups in total. The first-order chi connectivity index (χ1) is 8.79. The number of aromatic nitrogens is 3. The summed E-state index contributed by atoms with van der Waals surface area (Å²) in [6, 6.07) is 0. The zero-order chi connectivity index (χ0) is 12.5. The summed E-state index contributed by atoms with van der Waals surface area (Å²) in [4.78, 5) is 14.4. The number of thiazole rings is 1. The molecular formula is C12H13BrN4S. The van der Waals surface area contributed by atoms with E-state index in [4.69, 9.17) is 4.98 Å². The van der Waals surface area contributed by atoms with E-state index < -0.39 is 0 Å². The molecule has 2 aromatic heterocycles. The Kier molecular flexibility index (Phi) is 3.30. The van der Waals surface area contributed by atoms with Gasteiger partial charge < -0.3 is 5.32 Å². The lowest BCUT2D eigenvalue weighted by molar-refractivity contribution is 0.975. The van der Waals surface area contributed by atoms with Gasteiger partial charge in [-0.2, -0.15) is 0 Å². The van der Waals surface area contributed by atoms with Gasteiger partial charge in [0, 0.05) is 18.7 Å². The number of halogens is 1. The highest BCUT2D eigenvalue weighted by Gasteiger charge is 2.29. The Labute approximate surface area is 118 Å². The summed E-state index contributed by atoms with van der Waals surface area (Å²) < 4.78 is 1.01. The van der Waals surface area contributed by atoms with E-state index in [1.165, 1.54) is 12.8 Å². The van der Waals surface area contributed by atoms with Gasteiger partial charge in [0.25, 0.3) is 0 Å². The molecule has 94 valence electrons. The van der Waals surface area contributed by atoms with E-state index >= 15 is 0 Å². The van der Waals surface area contributed by atoms with Crippen molar-refractivity contribution < 1.29 is 0 Å². The molecule has 2 aromatic rings. The second kappa shape index (κ2) is 4.93. The van der Waals surface area contributed by atoms with Crippen molar-refractivity contribution in [3.63, 3.8) is 0 Å². The van der Waals surface area contributed by atoms with Gasteiger partial charge in [0.1, 0.15) is 5.82 Å². The van der Waals surface area contributed by atoms with Crippen molar-refractivity contribution in [3.8, 4) is 10.7 Å². The van der Waals surface area contributed by atoms with Crippen LogP contribution >= 0.6 is 27.3 Å². The molecule has 1 saturated carbocycles. The monoisotopic (exact) mass is 324 g/mol. The smallest absolute Gasteiger partial charge is 0.173 e. The lowest BCUT2D eigenvalue weighted by Crippen LogP contribution is -2.05. The Balaban J connectivity index is 2.09. The fourth-order valence-corrected chi connectivity index (χ4v) is 3.01. The Bertz CT molecular complexity index is 551. The van der Waals surface area contributed by atoms with E-state index in [1.54, 1.807) is 11.3 Å². The van der Waals surface area contributed by atoms with Crippen molar-refractivity contribution in [2.24, 2.45) is 0 Å². The predicted octanol–water partition coefficient (Wildman–Crippen LogP) is 3.67. The molecule has 2 heterocycles. The first-order valence-corrected chi connectivity index (χ1v) is 7.67. The van der Waals surface area contributed by atoms with Crippen LogP contribution in [-0.4, -0.2) is 21.5 Å². The molecule has 1 aliphatic rings. The van der Waals surface area contributed by atoms with Crippen molar-refractivity contribution in [3.05, 3.63) is 21.9 Å². The Hall–Kier alpha value is -1.01. The number of rotatable bonds is 4. The minimum Gasteiger partial charge on any atom is -0.369 e. The van der Waals surface area contributed by atoms with E-state index in [-0.39, 0.29) is 0 Å². The van der Waals surface area contributed by atoms with Gasteiger partial charge in [0.05, 0.1) is 20.6 Å². The molecule has 4 nitrogen and oxygen atoms in total. The van der Waals surface area contributed by atoms with Gasteiger partial charge in [0.15, 0.2) is 5.82 Å². The molecule has 1 fully saturated rings. The second-order valence-corrected chi connectivity index (χ2v) is 5.94. The summed E-state index contributed by atoms with van der Waals surface area (Å²) in [7, 11) is 0. The average molecular weight is 325 g/mol. The highest BCUT2D eigenvalue weighted by Crippen LogP contribution is 2.44. The highest BCUT2D eigenvalue weighted by atomic mass is 79.9. The molecule has 0 bridgehead atoms. The first-order valence-electron chi connectivity index (χ1n) is 5.99. The summed E-state index contributed by atoms with van der Waals surface area (Å²) in [6.07, 6.45) is 4.27. The molecule has 0 aromatic carbocycles. The number of nitrogens with one attached hydrogen (secondary N) is 1. The van der Waals surface area contributed by atoms with Gasteiger partial charge in [-0.25, -0.2) is 9.97 Å². The average Bonchev–Trinajstić information content (AvgIpc) is 3.06. The third-order valence-electron chi connectivity index (χ3n) is 2.84. The molecule has 0 saturated heterocycles. The first kappa shape index (κ1) is 12.0. The predicted molar refractivity (Wildman–Crippen MR) is 77.0 cm³/mol. The molecule has 6 heteroatoms. The minimum atomic E-state index is 0.589. The van der Waals surface area contributed by atoms with Crippen LogP contribution in [0.15, 0.2) is 16.2 Å². The van der Waals surface area contributed by atoms with Crippen molar-refractivity contribution in [1.29, 1.82) is 0 Å². The number of anilines is 1. The normalized spacial score (nSPS) is 14.8. The Morgan fingerprint density at radius 3 is 2.89 bits per heavy atom. The molecule has 1 aliphatic carbocycles. The van der Waals surface area contributed by atoms with Crippen LogP contribution in [-0.2, 0) is 0 Å². The molecule has 0 amide bonds. The van der Waals surface area contributed by atoms with Crippen LogP contribution in [0.1, 0.15) is 31.4 Å². The summed E-state index contributed by atoms with van der Waals surface area (Å²) in [6.45, 7) is 2.92. The van der Waals surface area contributed by atoms with Gasteiger partial charge >= 0.3 is 0 Å². The van der Waals surface area contributed by atoms with Gasteiger partial charge in [-0.3, -0.25) is 4.98 Å². The third-order valence-corrected chi connectivity index (χ3v) is 4.39. The van der Waals surface area contributed by atoms with Crippen LogP contribution in [0.5, 0.6) is 0 Å². The molecule has 18 heavy (non-hydrogen) atoms. The summed E-state index contributed by atoms with van der Waals surface area (Å²) in [5.41, 5.74) is 2.94. The van der Waals surface area contributed by atoms with Crippen molar-refractivity contribution in [2.45, 2.75) is 25.7 Å². The maximum absolute atomic E-state index is 4.69. The van der Waals surface area contributed by atoms with Gasteiger partial charge in [0.2, 0.25) is 0 Å². The number of hydrogen-bond donors (Lipinski definition) is 1. The maximum atomic E-state index is 4.69. The maximum Gasteiger partial charge on any atom is 0.173 e. The molecule has 0 atom stereocenters. The molecule has 0 radical (unpaired) electrons. The zero-order valence-corrected chi connectivity index (χ0v) is 12.4. The van der Waals surface area contributed by atoms with Gasteiger partial charge in [-0.15, -0.1) is 11.3 Å². The van der Waals surface area contributed by atoms with Crippen molar-refractivity contribution in [1.82, 2.24) is 15.0 Å². The molecular weight excluding hydrogens is 312 g/mol. The van der Waals surface area contributed by atoms with Gasteiger partial charge in [-0.1, -0.05) is 0 Å². The van der Waals surface area contributed by atoms with E-state index in [0.29, 0.717) is 5.92 Å². The van der Waals surface area contributed by atoms with E-state index in [2.05, 4.69) is 38.1 Å². The van der Waals surface area contributed by atoms with E-state index in [0.717, 1.165) is 33.2 Å². The van der Waals surface area contributed by atoms with Crippen LogP contribution in [0, 0.1) is 0 Å². The number of hydrogen-bond acceptors (Lipinski definition) is 5. The summed E-state index contributed by atoms with van der Waals surface area (Å²) in [5, 5.41) is 3.29. The molecule has 0 spiro atoms. The molecule has 3 rings (SSSR count). The minimum absolute atomic E-state index is 0.589. The molecule has 0 unspecified atom stereocenters. The Morgan fingerprint density at radius 1 is 1.44 bits per heavy atom. The zero-order valence-electron chi connectivity index (χ0n) is 9.98. The Morgan fingerprint density at radius 2 is 2.28 bits per heavy atom. The number of nitrogens with zero attached hydrogens (tertiary/aromatic N) is 3. The van der Waals surface area contributed by atoms with Crippen LogP contribution in [0.2, 0.25) is 0 Å². The lowest BCUT2D eigenvalue weighted by Gasteiger charge is -2.10. The highest BCUT2D eigenvalue weighted by molar-refractivity contribution is 9.10. The summed E-state index contributed by atoms with van der Waals surface area (Å²) >= 11 is 5.19. The standard InChI is InChI=1S/C12H13BrN4S/c1-2-15-12-9(13)10(7-3-4-7)16-11(17-12)8-5-14-6-18-8/h5-7H,2-4H2,1H3,(H,15,16,17). The van der Waals surface area contributed by atoms with Crippen LogP contribution in [0.3, 0.4) is 0 Å². The fraction of sp³-hybridized carbons (Fsp3) is 0.417. The SMILES string of the molecule is CCNc1nc(-c2cncs2)nc(C2CC2)c1Br. The molecule has 0 aliphatic heterocycles. The van der Waals surface area contributed by atoms with Crippen LogP contribution < -0.4 is 5.32 Å². The second-order valence-electron chi connectivity index (χ2n) is 4.27. The summed E-state index contributed by atoms with van der Waals surface area (Å²) in [5.74, 6) is 2.25. The van der Waals surface area contributed by atoms with E-state index in [1.807, 2.05) is 11.7 Å². The third kappa shape index (κ3) is 2.27.